The number of anilines is 1. The van der Waals surface area contributed by atoms with Crippen molar-refractivity contribution in [1.29, 1.82) is 0 Å². The number of ether oxygens (including phenoxy) is 1. The molecule has 4 rings (SSSR count). The van der Waals surface area contributed by atoms with Gasteiger partial charge in [0.25, 0.3) is 5.56 Å². The summed E-state index contributed by atoms with van der Waals surface area (Å²) in [4.78, 5) is 25.8. The van der Waals surface area contributed by atoms with E-state index in [1.807, 2.05) is 59.2 Å². The third kappa shape index (κ3) is 4.92. The molecule has 0 saturated carbocycles. The summed E-state index contributed by atoms with van der Waals surface area (Å²) >= 11 is 1.25. The van der Waals surface area contributed by atoms with Crippen molar-refractivity contribution in [3.63, 3.8) is 0 Å². The zero-order chi connectivity index (χ0) is 24.9. The number of carbonyl (C=O) groups is 1. The second-order valence-electron chi connectivity index (χ2n) is 7.71. The molecule has 0 radical (unpaired) electrons. The van der Waals surface area contributed by atoms with Crippen LogP contribution in [0.5, 0.6) is 5.75 Å². The predicted octanol–water partition coefficient (Wildman–Crippen LogP) is 3.67. The molecule has 0 aliphatic carbocycles. The molecule has 0 saturated heterocycles. The summed E-state index contributed by atoms with van der Waals surface area (Å²) in [5.41, 5.74) is 2.23. The van der Waals surface area contributed by atoms with Crippen molar-refractivity contribution in [3.05, 3.63) is 83.3 Å². The van der Waals surface area contributed by atoms with Crippen LogP contribution in [-0.4, -0.2) is 42.9 Å². The fraction of sp³-hybridized carbons (Fsp3) is 0.200. The fourth-order valence-corrected chi connectivity index (χ4v) is 4.41. The molecule has 0 fully saturated rings. The topological polar surface area (TPSA) is 96.0 Å². The number of nitrogens with zero attached hydrogens (tertiary/aromatic N) is 5. The van der Waals surface area contributed by atoms with Gasteiger partial charge in [0.2, 0.25) is 5.91 Å². The van der Waals surface area contributed by atoms with E-state index in [2.05, 4.69) is 22.1 Å². The van der Waals surface area contributed by atoms with E-state index >= 15 is 0 Å². The van der Waals surface area contributed by atoms with Gasteiger partial charge in [-0.3, -0.25) is 18.8 Å². The van der Waals surface area contributed by atoms with Gasteiger partial charge in [-0.2, -0.15) is 0 Å². The van der Waals surface area contributed by atoms with Crippen LogP contribution in [0.4, 0.5) is 5.69 Å². The first-order valence-corrected chi connectivity index (χ1v) is 11.9. The van der Waals surface area contributed by atoms with Gasteiger partial charge in [-0.25, -0.2) is 4.68 Å². The van der Waals surface area contributed by atoms with Gasteiger partial charge in [-0.15, -0.1) is 16.8 Å². The molecule has 1 N–H and O–H groups in total. The molecule has 0 spiro atoms. The highest BCUT2D eigenvalue weighted by Gasteiger charge is 2.19. The lowest BCUT2D eigenvalue weighted by Crippen LogP contribution is -2.23. The average molecular weight is 491 g/mol. The Morgan fingerprint density at radius 3 is 2.51 bits per heavy atom. The Hall–Kier alpha value is -4.05. The van der Waals surface area contributed by atoms with Gasteiger partial charge in [-0.1, -0.05) is 36.0 Å². The first kappa shape index (κ1) is 24.1. The molecule has 2 aromatic carbocycles. The van der Waals surface area contributed by atoms with Crippen molar-refractivity contribution in [3.8, 4) is 22.8 Å². The summed E-state index contributed by atoms with van der Waals surface area (Å²) in [6, 6.07) is 16.8. The molecule has 9 nitrogen and oxygen atoms in total. The van der Waals surface area contributed by atoms with Gasteiger partial charge < -0.3 is 10.1 Å². The molecule has 0 atom stereocenters. The summed E-state index contributed by atoms with van der Waals surface area (Å²) in [6.45, 7) is 6.10. The SMILES string of the molecule is C=CCn1c(SCC(=O)Nc2c(C)n(C)n(-c3ccccc3)c2=O)nnc1-c1ccc(OC)cc1. The number of aromatic nitrogens is 5. The lowest BCUT2D eigenvalue weighted by Gasteiger charge is -2.08. The van der Waals surface area contributed by atoms with E-state index in [9.17, 15) is 9.59 Å². The Bertz CT molecular complexity index is 1400. The van der Waals surface area contributed by atoms with E-state index in [4.69, 9.17) is 4.74 Å². The second kappa shape index (κ2) is 10.5. The third-order valence-electron chi connectivity index (χ3n) is 5.53. The zero-order valence-electron chi connectivity index (χ0n) is 19.8. The van der Waals surface area contributed by atoms with Crippen LogP contribution in [0, 0.1) is 6.92 Å². The minimum Gasteiger partial charge on any atom is -0.497 e. The summed E-state index contributed by atoms with van der Waals surface area (Å²) in [5, 5.41) is 11.9. The third-order valence-corrected chi connectivity index (χ3v) is 6.49. The molecular weight excluding hydrogens is 464 g/mol. The monoisotopic (exact) mass is 490 g/mol. The van der Waals surface area contributed by atoms with E-state index in [0.717, 1.165) is 17.0 Å². The second-order valence-corrected chi connectivity index (χ2v) is 8.65. The van der Waals surface area contributed by atoms with Crippen LogP contribution in [0.2, 0.25) is 0 Å². The number of carbonyl (C=O) groups excluding carboxylic acids is 1. The maximum atomic E-state index is 13.0. The van der Waals surface area contributed by atoms with Crippen molar-refractivity contribution >= 4 is 23.4 Å². The largest absolute Gasteiger partial charge is 0.497 e. The van der Waals surface area contributed by atoms with E-state index in [1.165, 1.54) is 16.4 Å². The van der Waals surface area contributed by atoms with E-state index in [-0.39, 0.29) is 22.9 Å². The number of allylic oxidation sites excluding steroid dienone is 1. The number of rotatable bonds is 9. The number of amides is 1. The lowest BCUT2D eigenvalue weighted by atomic mass is 10.2. The van der Waals surface area contributed by atoms with Gasteiger partial charge >= 0.3 is 0 Å². The number of nitrogens with one attached hydrogen (secondary N) is 1. The average Bonchev–Trinajstić information content (AvgIpc) is 3.37. The number of para-hydroxylation sites is 1. The van der Waals surface area contributed by atoms with E-state index < -0.39 is 0 Å². The predicted molar refractivity (Wildman–Crippen MR) is 137 cm³/mol. The molecule has 0 aliphatic heterocycles. The highest BCUT2D eigenvalue weighted by Crippen LogP contribution is 2.26. The van der Waals surface area contributed by atoms with Gasteiger partial charge in [0.05, 0.1) is 24.2 Å². The zero-order valence-corrected chi connectivity index (χ0v) is 20.6. The fourth-order valence-electron chi connectivity index (χ4n) is 3.66. The van der Waals surface area contributed by atoms with Crippen LogP contribution < -0.4 is 15.6 Å². The molecule has 0 aliphatic rings. The van der Waals surface area contributed by atoms with Crippen molar-refractivity contribution in [2.45, 2.75) is 18.6 Å². The van der Waals surface area contributed by atoms with Crippen LogP contribution >= 0.6 is 11.8 Å². The highest BCUT2D eigenvalue weighted by molar-refractivity contribution is 7.99. The normalized spacial score (nSPS) is 10.8. The van der Waals surface area contributed by atoms with Crippen molar-refractivity contribution in [1.82, 2.24) is 24.1 Å². The number of hydrogen-bond acceptors (Lipinski definition) is 6. The summed E-state index contributed by atoms with van der Waals surface area (Å²) < 4.78 is 10.4. The molecule has 2 heterocycles. The number of benzene rings is 2. The Morgan fingerprint density at radius 2 is 1.86 bits per heavy atom. The molecule has 2 aromatic heterocycles. The van der Waals surface area contributed by atoms with Crippen molar-refractivity contribution < 1.29 is 9.53 Å². The van der Waals surface area contributed by atoms with E-state index in [0.29, 0.717) is 23.2 Å². The van der Waals surface area contributed by atoms with Crippen LogP contribution in [0.1, 0.15) is 5.69 Å². The molecule has 10 heteroatoms. The van der Waals surface area contributed by atoms with Crippen LogP contribution in [0.3, 0.4) is 0 Å². The molecule has 1 amide bonds. The Morgan fingerprint density at radius 1 is 1.14 bits per heavy atom. The molecule has 4 aromatic rings. The molecule has 35 heavy (non-hydrogen) atoms. The van der Waals surface area contributed by atoms with Gasteiger partial charge in [0.1, 0.15) is 11.4 Å². The van der Waals surface area contributed by atoms with Crippen molar-refractivity contribution in [2.75, 3.05) is 18.2 Å². The Labute approximate surface area is 207 Å². The lowest BCUT2D eigenvalue weighted by molar-refractivity contribution is -0.113. The van der Waals surface area contributed by atoms with Crippen LogP contribution in [0.15, 0.2) is 77.2 Å². The smallest absolute Gasteiger partial charge is 0.295 e. The van der Waals surface area contributed by atoms with E-state index in [1.54, 1.807) is 31.8 Å². The molecule has 180 valence electrons. The highest BCUT2D eigenvalue weighted by atomic mass is 32.2. The van der Waals surface area contributed by atoms with Gasteiger partial charge in [-0.05, 0) is 43.3 Å². The van der Waals surface area contributed by atoms with Crippen molar-refractivity contribution in [2.24, 2.45) is 7.05 Å². The number of thioether (sulfide) groups is 1. The maximum absolute atomic E-state index is 13.0. The summed E-state index contributed by atoms with van der Waals surface area (Å²) in [6.07, 6.45) is 1.75. The number of hydrogen-bond donors (Lipinski definition) is 1. The summed E-state index contributed by atoms with van der Waals surface area (Å²) in [7, 11) is 3.40. The quantitative estimate of drug-likeness (QED) is 0.284. The Balaban J connectivity index is 1.51. The first-order valence-electron chi connectivity index (χ1n) is 10.9. The molecule has 0 bridgehead atoms. The van der Waals surface area contributed by atoms with Gasteiger partial charge in [0, 0.05) is 19.2 Å². The standard InChI is InChI=1S/C25H26N6O3S/c1-5-15-30-23(18-11-13-20(34-4)14-12-18)27-28-25(30)35-16-21(32)26-22-17(2)29(3)31(24(22)33)19-9-7-6-8-10-19/h5-14H,1,15-16H2,2-4H3,(H,26,32). The van der Waals surface area contributed by atoms with Crippen LogP contribution in [-0.2, 0) is 18.4 Å². The Kier molecular flexibility index (Phi) is 7.21. The maximum Gasteiger partial charge on any atom is 0.295 e. The molecular formula is C25H26N6O3S. The minimum absolute atomic E-state index is 0.0665. The molecule has 0 unspecified atom stereocenters. The number of methoxy groups -OCH3 is 1. The minimum atomic E-state index is -0.305. The summed E-state index contributed by atoms with van der Waals surface area (Å²) in [5.74, 6) is 1.18. The van der Waals surface area contributed by atoms with Gasteiger partial charge in [0.15, 0.2) is 11.0 Å². The van der Waals surface area contributed by atoms with Crippen LogP contribution in [0.25, 0.3) is 17.1 Å². The first-order chi connectivity index (χ1) is 16.9.